The van der Waals surface area contributed by atoms with Crippen molar-refractivity contribution in [2.75, 3.05) is 0 Å². The first-order valence-electron chi connectivity index (χ1n) is 9.48. The van der Waals surface area contributed by atoms with Gasteiger partial charge in [0.2, 0.25) is 0 Å². The van der Waals surface area contributed by atoms with Crippen LogP contribution in [0.2, 0.25) is 0 Å². The number of esters is 1. The van der Waals surface area contributed by atoms with Crippen LogP contribution in [0.25, 0.3) is 0 Å². The fourth-order valence-electron chi connectivity index (χ4n) is 4.44. The Morgan fingerprint density at radius 3 is 2.50 bits per heavy atom. The molecule has 1 aromatic carbocycles. The van der Waals surface area contributed by atoms with Crippen molar-refractivity contribution >= 4 is 5.97 Å². The van der Waals surface area contributed by atoms with Crippen molar-refractivity contribution in [3.8, 4) is 0 Å². The van der Waals surface area contributed by atoms with Crippen LogP contribution in [-0.4, -0.2) is 46.4 Å². The third-order valence-electron chi connectivity index (χ3n) is 5.95. The molecule has 6 atom stereocenters. The van der Waals surface area contributed by atoms with Crippen molar-refractivity contribution in [3.05, 3.63) is 35.9 Å². The highest BCUT2D eigenvalue weighted by Crippen LogP contribution is 2.48. The fourth-order valence-corrected chi connectivity index (χ4v) is 4.44. The highest BCUT2D eigenvalue weighted by atomic mass is 16.8. The van der Waals surface area contributed by atoms with Crippen LogP contribution < -0.4 is 0 Å². The van der Waals surface area contributed by atoms with Crippen LogP contribution in [-0.2, 0) is 19.0 Å². The lowest BCUT2D eigenvalue weighted by Crippen LogP contribution is -2.40. The zero-order valence-corrected chi connectivity index (χ0v) is 14.9. The predicted octanol–water partition coefficient (Wildman–Crippen LogP) is 2.09. The molecule has 1 aliphatic heterocycles. The van der Waals surface area contributed by atoms with Gasteiger partial charge in [0.25, 0.3) is 0 Å². The molecule has 4 rings (SSSR count). The van der Waals surface area contributed by atoms with Crippen LogP contribution in [0.1, 0.15) is 50.7 Å². The van der Waals surface area contributed by atoms with Crippen molar-refractivity contribution in [2.45, 2.75) is 75.3 Å². The van der Waals surface area contributed by atoms with Crippen molar-refractivity contribution < 1.29 is 29.2 Å². The SMILES string of the molecule is C[C@H]1[C@H](O)[C@H]2OC3(CCCCC3)O[C@H]2[C@@H]1OC(=O)C(O)c1ccccc1. The van der Waals surface area contributed by atoms with Gasteiger partial charge in [0.05, 0.1) is 6.10 Å². The molecule has 1 unspecified atom stereocenters. The minimum atomic E-state index is -1.36. The Balaban J connectivity index is 1.48. The molecule has 2 N–H and O–H groups in total. The van der Waals surface area contributed by atoms with E-state index in [0.717, 1.165) is 32.1 Å². The maximum absolute atomic E-state index is 12.5. The summed E-state index contributed by atoms with van der Waals surface area (Å²) in [5.74, 6) is -1.70. The van der Waals surface area contributed by atoms with Crippen LogP contribution in [0.15, 0.2) is 30.3 Å². The first-order chi connectivity index (χ1) is 12.5. The van der Waals surface area contributed by atoms with Crippen molar-refractivity contribution in [2.24, 2.45) is 5.92 Å². The van der Waals surface area contributed by atoms with E-state index in [4.69, 9.17) is 14.2 Å². The Bertz CT molecular complexity index is 641. The second kappa shape index (κ2) is 6.93. The lowest BCUT2D eigenvalue weighted by atomic mass is 9.94. The van der Waals surface area contributed by atoms with E-state index in [2.05, 4.69) is 0 Å². The molecule has 1 saturated heterocycles. The van der Waals surface area contributed by atoms with E-state index in [9.17, 15) is 15.0 Å². The molecule has 142 valence electrons. The topological polar surface area (TPSA) is 85.2 Å². The minimum Gasteiger partial charge on any atom is -0.457 e. The standard InChI is InChI=1S/C20H26O6/c1-12-14(21)17-18(26-20(25-17)10-6-3-7-11-20)16(12)24-19(23)15(22)13-8-4-2-5-9-13/h2,4-5,8-9,12,14-18,21-22H,3,6-7,10-11H2,1H3/t12-,14-,15?,16+,17+,18-/m0/s1. The van der Waals surface area contributed by atoms with Crippen LogP contribution in [0.4, 0.5) is 0 Å². The van der Waals surface area contributed by atoms with Gasteiger partial charge in [0.1, 0.15) is 18.3 Å². The molecule has 2 saturated carbocycles. The number of carbonyl (C=O) groups is 1. The minimum absolute atomic E-state index is 0.321. The molecule has 0 amide bonds. The second-order valence-corrected chi connectivity index (χ2v) is 7.70. The third kappa shape index (κ3) is 3.05. The summed E-state index contributed by atoms with van der Waals surface area (Å²) in [5.41, 5.74) is 0.479. The number of aliphatic hydroxyl groups excluding tert-OH is 2. The number of benzene rings is 1. The van der Waals surface area contributed by atoms with Gasteiger partial charge in [-0.3, -0.25) is 0 Å². The summed E-state index contributed by atoms with van der Waals surface area (Å²) < 4.78 is 17.9. The average Bonchev–Trinajstić information content (AvgIpc) is 3.12. The van der Waals surface area contributed by atoms with E-state index in [0.29, 0.717) is 5.56 Å². The second-order valence-electron chi connectivity index (χ2n) is 7.70. The first kappa shape index (κ1) is 17.9. The molecule has 1 heterocycles. The van der Waals surface area contributed by atoms with E-state index >= 15 is 0 Å². The molecule has 6 nitrogen and oxygen atoms in total. The summed E-state index contributed by atoms with van der Waals surface area (Å²) in [6.07, 6.45) is 1.08. The molecule has 1 aromatic rings. The van der Waals surface area contributed by atoms with E-state index in [-0.39, 0.29) is 5.92 Å². The van der Waals surface area contributed by atoms with Gasteiger partial charge in [-0.1, -0.05) is 43.7 Å². The molecule has 3 aliphatic rings. The Morgan fingerprint density at radius 2 is 1.81 bits per heavy atom. The number of carbonyl (C=O) groups excluding carboxylic acids is 1. The maximum atomic E-state index is 12.5. The Labute approximate surface area is 153 Å². The van der Waals surface area contributed by atoms with E-state index in [1.807, 2.05) is 13.0 Å². The first-order valence-corrected chi connectivity index (χ1v) is 9.48. The summed E-state index contributed by atoms with van der Waals surface area (Å²) in [6.45, 7) is 1.82. The largest absolute Gasteiger partial charge is 0.457 e. The molecular weight excluding hydrogens is 336 g/mol. The molecular formula is C20H26O6. The number of fused-ring (bicyclic) bond motifs is 1. The van der Waals surface area contributed by atoms with Gasteiger partial charge in [-0.25, -0.2) is 4.79 Å². The molecule has 6 heteroatoms. The number of rotatable bonds is 3. The van der Waals surface area contributed by atoms with Gasteiger partial charge >= 0.3 is 5.97 Å². The fraction of sp³-hybridized carbons (Fsp3) is 0.650. The monoisotopic (exact) mass is 362 g/mol. The van der Waals surface area contributed by atoms with Crippen molar-refractivity contribution in [1.29, 1.82) is 0 Å². The molecule has 0 radical (unpaired) electrons. The average molecular weight is 362 g/mol. The van der Waals surface area contributed by atoms with Crippen molar-refractivity contribution in [1.82, 2.24) is 0 Å². The Morgan fingerprint density at radius 1 is 1.15 bits per heavy atom. The lowest BCUT2D eigenvalue weighted by Gasteiger charge is -2.34. The third-order valence-corrected chi connectivity index (χ3v) is 5.95. The lowest BCUT2D eigenvalue weighted by molar-refractivity contribution is -0.222. The summed E-state index contributed by atoms with van der Waals surface area (Å²) in [4.78, 5) is 12.5. The molecule has 26 heavy (non-hydrogen) atoms. The summed E-state index contributed by atoms with van der Waals surface area (Å²) in [7, 11) is 0. The van der Waals surface area contributed by atoms with E-state index < -0.39 is 42.3 Å². The van der Waals surface area contributed by atoms with Gasteiger partial charge in [-0.2, -0.15) is 0 Å². The number of hydrogen-bond donors (Lipinski definition) is 2. The maximum Gasteiger partial charge on any atom is 0.340 e. The molecule has 1 spiro atoms. The Hall–Kier alpha value is -1.47. The van der Waals surface area contributed by atoms with Gasteiger partial charge in [0, 0.05) is 18.8 Å². The van der Waals surface area contributed by atoms with Gasteiger partial charge in [-0.05, 0) is 18.4 Å². The van der Waals surface area contributed by atoms with Crippen LogP contribution >= 0.6 is 0 Å². The predicted molar refractivity (Wildman–Crippen MR) is 92.0 cm³/mol. The van der Waals surface area contributed by atoms with E-state index in [1.165, 1.54) is 0 Å². The molecule has 0 bridgehead atoms. The number of hydrogen-bond acceptors (Lipinski definition) is 6. The van der Waals surface area contributed by atoms with E-state index in [1.54, 1.807) is 24.3 Å². The zero-order chi connectivity index (χ0) is 18.3. The summed E-state index contributed by atoms with van der Waals surface area (Å²) >= 11 is 0. The normalized spacial score (nSPS) is 36.7. The highest BCUT2D eigenvalue weighted by molar-refractivity contribution is 5.76. The summed E-state index contributed by atoms with van der Waals surface area (Å²) in [6, 6.07) is 8.67. The smallest absolute Gasteiger partial charge is 0.340 e. The Kier molecular flexibility index (Phi) is 4.77. The molecule has 2 aliphatic carbocycles. The van der Waals surface area contributed by atoms with Crippen LogP contribution in [0.5, 0.6) is 0 Å². The highest BCUT2D eigenvalue weighted by Gasteiger charge is 2.61. The van der Waals surface area contributed by atoms with Crippen molar-refractivity contribution in [3.63, 3.8) is 0 Å². The number of aliphatic hydroxyl groups is 2. The van der Waals surface area contributed by atoms with Gasteiger partial charge in [0.15, 0.2) is 11.9 Å². The molecule has 0 aromatic heterocycles. The van der Waals surface area contributed by atoms with Gasteiger partial charge < -0.3 is 24.4 Å². The molecule has 3 fully saturated rings. The van der Waals surface area contributed by atoms with Gasteiger partial charge in [-0.15, -0.1) is 0 Å². The zero-order valence-electron chi connectivity index (χ0n) is 14.9. The van der Waals surface area contributed by atoms with Crippen LogP contribution in [0, 0.1) is 5.92 Å². The van der Waals surface area contributed by atoms with Crippen LogP contribution in [0.3, 0.4) is 0 Å². The number of ether oxygens (including phenoxy) is 3. The summed E-state index contributed by atoms with van der Waals surface area (Å²) in [5, 5.41) is 20.8. The quantitative estimate of drug-likeness (QED) is 0.801.